The third-order valence-corrected chi connectivity index (χ3v) is 5.10. The fraction of sp³-hybridized carbons (Fsp3) is 0.263. The average molecular weight is 350 g/mol. The van der Waals surface area contributed by atoms with E-state index in [2.05, 4.69) is 17.1 Å². The molecule has 6 heteroatoms. The van der Waals surface area contributed by atoms with Gasteiger partial charge >= 0.3 is 0 Å². The van der Waals surface area contributed by atoms with Crippen molar-refractivity contribution in [1.82, 2.24) is 4.98 Å². The number of rotatable bonds is 6. The lowest BCUT2D eigenvalue weighted by Crippen LogP contribution is -2.19. The highest BCUT2D eigenvalue weighted by Crippen LogP contribution is 2.37. The lowest BCUT2D eigenvalue weighted by molar-refractivity contribution is -0.117. The van der Waals surface area contributed by atoms with Crippen molar-refractivity contribution < 1.29 is 4.79 Å². The number of pyridine rings is 1. The van der Waals surface area contributed by atoms with Gasteiger partial charge < -0.3 is 5.73 Å². The lowest BCUT2D eigenvalue weighted by Gasteiger charge is -2.17. The van der Waals surface area contributed by atoms with Crippen molar-refractivity contribution in [3.8, 4) is 12.1 Å². The number of nitriles is 2. The number of hydrogen-bond donors (Lipinski definition) is 1. The summed E-state index contributed by atoms with van der Waals surface area (Å²) in [5, 5.41) is 18.8. The van der Waals surface area contributed by atoms with Gasteiger partial charge in [-0.25, -0.2) is 4.98 Å². The standard InChI is InChI=1S/C19H18N4OS/c1-3-13-14(10-20)16(4-2)23-19(15(13)11-21)25-17(18(22)24)12-8-6-5-7-9-12/h5-9,17H,3-4H2,1-2H3,(H2,22,24). The fourth-order valence-electron chi connectivity index (χ4n) is 2.63. The van der Waals surface area contributed by atoms with E-state index < -0.39 is 11.2 Å². The molecule has 1 amide bonds. The maximum Gasteiger partial charge on any atom is 0.235 e. The van der Waals surface area contributed by atoms with Gasteiger partial charge in [0.05, 0.1) is 16.8 Å². The van der Waals surface area contributed by atoms with Gasteiger partial charge in [0.25, 0.3) is 0 Å². The quantitative estimate of drug-likeness (QED) is 0.805. The van der Waals surface area contributed by atoms with Crippen LogP contribution in [0.2, 0.25) is 0 Å². The minimum atomic E-state index is -0.650. The molecule has 1 heterocycles. The van der Waals surface area contributed by atoms with E-state index >= 15 is 0 Å². The minimum Gasteiger partial charge on any atom is -0.368 e. The van der Waals surface area contributed by atoms with Crippen molar-refractivity contribution in [2.24, 2.45) is 5.73 Å². The zero-order valence-corrected chi connectivity index (χ0v) is 14.9. The SMILES string of the molecule is CCc1nc(SC(C(N)=O)c2ccccc2)c(C#N)c(CC)c1C#N. The largest absolute Gasteiger partial charge is 0.368 e. The van der Waals surface area contributed by atoms with E-state index in [4.69, 9.17) is 5.73 Å². The number of aromatic nitrogens is 1. The third kappa shape index (κ3) is 3.81. The molecule has 1 aromatic carbocycles. The second-order valence-electron chi connectivity index (χ2n) is 5.33. The predicted molar refractivity (Wildman–Crippen MR) is 96.7 cm³/mol. The summed E-state index contributed by atoms with van der Waals surface area (Å²) in [6, 6.07) is 13.5. The number of hydrogen-bond acceptors (Lipinski definition) is 5. The topological polar surface area (TPSA) is 104 Å². The number of primary amides is 1. The van der Waals surface area contributed by atoms with Gasteiger partial charge in [0.15, 0.2) is 0 Å². The van der Waals surface area contributed by atoms with E-state index in [0.717, 1.165) is 17.3 Å². The van der Waals surface area contributed by atoms with Gasteiger partial charge in [-0.1, -0.05) is 55.9 Å². The number of nitrogens with two attached hydrogens (primary N) is 1. The molecule has 2 rings (SSSR count). The Morgan fingerprint density at radius 1 is 1.16 bits per heavy atom. The van der Waals surface area contributed by atoms with E-state index in [9.17, 15) is 15.3 Å². The van der Waals surface area contributed by atoms with Crippen molar-refractivity contribution >= 4 is 17.7 Å². The van der Waals surface area contributed by atoms with E-state index in [1.807, 2.05) is 44.2 Å². The Hall–Kier alpha value is -2.83. The Labute approximate surface area is 151 Å². The van der Waals surface area contributed by atoms with Crippen molar-refractivity contribution in [3.05, 3.63) is 58.3 Å². The molecule has 0 radical (unpaired) electrons. The molecule has 5 nitrogen and oxygen atoms in total. The fourth-order valence-corrected chi connectivity index (χ4v) is 3.72. The molecule has 2 N–H and O–H groups in total. The van der Waals surface area contributed by atoms with Crippen LogP contribution in [0.25, 0.3) is 0 Å². The van der Waals surface area contributed by atoms with Crippen molar-refractivity contribution in [1.29, 1.82) is 10.5 Å². The predicted octanol–water partition coefficient (Wildman–Crippen LogP) is 3.27. The molecule has 0 fully saturated rings. The number of benzene rings is 1. The molecule has 0 saturated carbocycles. The lowest BCUT2D eigenvalue weighted by atomic mass is 9.99. The normalized spacial score (nSPS) is 11.4. The molecule has 126 valence electrons. The zero-order chi connectivity index (χ0) is 18.4. The molecule has 0 aliphatic carbocycles. The Balaban J connectivity index is 2.60. The molecular formula is C19H18N4OS. The number of carbonyl (C=O) groups excluding carboxylic acids is 1. The number of carbonyl (C=O) groups is 1. The first kappa shape index (κ1) is 18.5. The third-order valence-electron chi connectivity index (χ3n) is 3.84. The van der Waals surface area contributed by atoms with Crippen LogP contribution in [-0.4, -0.2) is 10.9 Å². The molecule has 0 aliphatic rings. The summed E-state index contributed by atoms with van der Waals surface area (Å²) < 4.78 is 0. The molecule has 1 atom stereocenters. The maximum atomic E-state index is 12.0. The summed E-state index contributed by atoms with van der Waals surface area (Å²) in [6.45, 7) is 3.81. The van der Waals surface area contributed by atoms with E-state index in [1.165, 1.54) is 0 Å². The Morgan fingerprint density at radius 3 is 2.28 bits per heavy atom. The van der Waals surface area contributed by atoms with Gasteiger partial charge in [0, 0.05) is 0 Å². The molecular weight excluding hydrogens is 332 g/mol. The molecule has 2 aromatic rings. The highest BCUT2D eigenvalue weighted by molar-refractivity contribution is 8.00. The summed E-state index contributed by atoms with van der Waals surface area (Å²) in [7, 11) is 0. The Morgan fingerprint density at radius 2 is 1.80 bits per heavy atom. The first-order chi connectivity index (χ1) is 12.1. The molecule has 25 heavy (non-hydrogen) atoms. The highest BCUT2D eigenvalue weighted by atomic mass is 32.2. The number of aryl methyl sites for hydroxylation is 1. The minimum absolute atomic E-state index is 0.350. The van der Waals surface area contributed by atoms with Gasteiger partial charge in [-0.05, 0) is 24.0 Å². The van der Waals surface area contributed by atoms with E-state index in [0.29, 0.717) is 40.3 Å². The van der Waals surface area contributed by atoms with Gasteiger partial charge in [-0.3, -0.25) is 4.79 Å². The van der Waals surface area contributed by atoms with E-state index in [1.54, 1.807) is 0 Å². The molecule has 0 spiro atoms. The molecule has 0 aliphatic heterocycles. The molecule has 1 aromatic heterocycles. The van der Waals surface area contributed by atoms with Crippen LogP contribution < -0.4 is 5.73 Å². The second kappa shape index (κ2) is 8.32. The van der Waals surface area contributed by atoms with Crippen molar-refractivity contribution in [2.45, 2.75) is 37.0 Å². The van der Waals surface area contributed by atoms with Crippen LogP contribution in [0.5, 0.6) is 0 Å². The van der Waals surface area contributed by atoms with Gasteiger partial charge in [-0.2, -0.15) is 10.5 Å². The number of nitrogens with zero attached hydrogens (tertiary/aromatic N) is 3. The van der Waals surface area contributed by atoms with Crippen LogP contribution in [0.4, 0.5) is 0 Å². The van der Waals surface area contributed by atoms with Crippen LogP contribution >= 0.6 is 11.8 Å². The van der Waals surface area contributed by atoms with Gasteiger partial charge in [0.1, 0.15) is 22.4 Å². The highest BCUT2D eigenvalue weighted by Gasteiger charge is 2.25. The number of amides is 1. The monoisotopic (exact) mass is 350 g/mol. The van der Waals surface area contributed by atoms with Crippen molar-refractivity contribution in [3.63, 3.8) is 0 Å². The number of thioether (sulfide) groups is 1. The summed E-state index contributed by atoms with van der Waals surface area (Å²) >= 11 is 1.16. The summed E-state index contributed by atoms with van der Waals surface area (Å²) in [4.78, 5) is 16.5. The van der Waals surface area contributed by atoms with Crippen LogP contribution in [0.1, 0.15) is 47.0 Å². The van der Waals surface area contributed by atoms with Crippen molar-refractivity contribution in [2.75, 3.05) is 0 Å². The van der Waals surface area contributed by atoms with Crippen LogP contribution in [0.3, 0.4) is 0 Å². The van der Waals surface area contributed by atoms with E-state index in [-0.39, 0.29) is 0 Å². The Kier molecular flexibility index (Phi) is 6.16. The van der Waals surface area contributed by atoms with Crippen LogP contribution in [0, 0.1) is 22.7 Å². The Bertz CT molecular complexity index is 866. The van der Waals surface area contributed by atoms with Crippen LogP contribution in [0.15, 0.2) is 35.4 Å². The smallest absolute Gasteiger partial charge is 0.235 e. The first-order valence-corrected chi connectivity index (χ1v) is 8.82. The zero-order valence-electron chi connectivity index (χ0n) is 14.1. The molecule has 0 saturated heterocycles. The molecule has 1 unspecified atom stereocenters. The van der Waals surface area contributed by atoms with Crippen LogP contribution in [-0.2, 0) is 17.6 Å². The first-order valence-electron chi connectivity index (χ1n) is 7.94. The summed E-state index contributed by atoms with van der Waals surface area (Å²) in [5.41, 5.74) is 8.46. The van der Waals surface area contributed by atoms with Gasteiger partial charge in [0.2, 0.25) is 5.91 Å². The maximum absolute atomic E-state index is 12.0. The average Bonchev–Trinajstić information content (AvgIpc) is 2.64. The molecule has 0 bridgehead atoms. The second-order valence-corrected chi connectivity index (χ2v) is 6.43. The summed E-state index contributed by atoms with van der Waals surface area (Å²) in [6.07, 6.45) is 1.11. The van der Waals surface area contributed by atoms with Gasteiger partial charge in [-0.15, -0.1) is 0 Å². The summed E-state index contributed by atoms with van der Waals surface area (Å²) in [5.74, 6) is -0.498.